The van der Waals surface area contributed by atoms with Crippen LogP contribution in [0.2, 0.25) is 0 Å². The molecule has 7 nitrogen and oxygen atoms in total. The lowest BCUT2D eigenvalue weighted by molar-refractivity contribution is -0.114. The lowest BCUT2D eigenvalue weighted by Crippen LogP contribution is -2.40. The summed E-state index contributed by atoms with van der Waals surface area (Å²) in [5.74, 6) is 1.32. The minimum absolute atomic E-state index is 0. The van der Waals surface area contributed by atoms with Gasteiger partial charge >= 0.3 is 0 Å². The molecule has 3 N–H and O–H groups in total. The Morgan fingerprint density at radius 3 is 2.67 bits per heavy atom. The van der Waals surface area contributed by atoms with E-state index in [0.29, 0.717) is 18.9 Å². The fourth-order valence-corrected chi connectivity index (χ4v) is 2.28. The molecule has 1 aromatic heterocycles. The Morgan fingerprint density at radius 1 is 1.15 bits per heavy atom. The third kappa shape index (κ3) is 9.23. The summed E-state index contributed by atoms with van der Waals surface area (Å²) in [6, 6.07) is 13.2. The van der Waals surface area contributed by atoms with E-state index in [1.165, 1.54) is 6.92 Å². The lowest BCUT2D eigenvalue weighted by Gasteiger charge is -2.13. The van der Waals surface area contributed by atoms with Crippen molar-refractivity contribution in [1.82, 2.24) is 15.6 Å². The molecule has 1 aromatic carbocycles. The Kier molecular flexibility index (Phi) is 10.8. The monoisotopic (exact) mass is 483 g/mol. The van der Waals surface area contributed by atoms with E-state index < -0.39 is 0 Å². The van der Waals surface area contributed by atoms with Crippen molar-refractivity contribution in [3.63, 3.8) is 0 Å². The first kappa shape index (κ1) is 22.7. The van der Waals surface area contributed by atoms with Gasteiger partial charge in [-0.15, -0.1) is 24.0 Å². The van der Waals surface area contributed by atoms with Crippen LogP contribution in [0.1, 0.15) is 12.6 Å². The number of anilines is 1. The molecule has 2 aromatic rings. The van der Waals surface area contributed by atoms with Crippen molar-refractivity contribution in [2.75, 3.05) is 32.1 Å². The van der Waals surface area contributed by atoms with Crippen LogP contribution < -0.4 is 20.7 Å². The molecule has 0 aliphatic heterocycles. The zero-order chi connectivity index (χ0) is 18.6. The van der Waals surface area contributed by atoms with Crippen molar-refractivity contribution in [2.24, 2.45) is 4.99 Å². The van der Waals surface area contributed by atoms with E-state index in [-0.39, 0.29) is 29.9 Å². The lowest BCUT2D eigenvalue weighted by atomic mass is 10.3. The molecule has 27 heavy (non-hydrogen) atoms. The van der Waals surface area contributed by atoms with Crippen molar-refractivity contribution in [1.29, 1.82) is 0 Å². The summed E-state index contributed by atoms with van der Waals surface area (Å²) in [5.41, 5.74) is 1.76. The number of hydrogen-bond acceptors (Lipinski definition) is 4. The van der Waals surface area contributed by atoms with Gasteiger partial charge in [-0.25, -0.2) is 0 Å². The van der Waals surface area contributed by atoms with Crippen LogP contribution in [0.25, 0.3) is 0 Å². The molecule has 0 aliphatic carbocycles. The quantitative estimate of drug-likeness (QED) is 0.233. The van der Waals surface area contributed by atoms with Crippen LogP contribution >= 0.6 is 24.0 Å². The number of carbonyl (C=O) groups is 1. The predicted octanol–water partition coefficient (Wildman–Crippen LogP) is 2.44. The van der Waals surface area contributed by atoms with Crippen LogP contribution in [-0.2, 0) is 11.2 Å². The second kappa shape index (κ2) is 12.9. The molecule has 0 atom stereocenters. The Bertz CT molecular complexity index is 725. The summed E-state index contributed by atoms with van der Waals surface area (Å²) in [5, 5.41) is 9.17. The van der Waals surface area contributed by atoms with Crippen LogP contribution in [0.3, 0.4) is 0 Å². The second-order valence-corrected chi connectivity index (χ2v) is 5.55. The number of nitrogens with zero attached hydrogens (tertiary/aromatic N) is 2. The van der Waals surface area contributed by atoms with Gasteiger partial charge in [-0.2, -0.15) is 0 Å². The zero-order valence-electron chi connectivity index (χ0n) is 15.6. The number of ether oxygens (including phenoxy) is 1. The number of aliphatic imine (C=N–C) groups is 1. The number of guanidine groups is 1. The molecule has 146 valence electrons. The number of hydrogen-bond donors (Lipinski definition) is 3. The van der Waals surface area contributed by atoms with Crippen molar-refractivity contribution < 1.29 is 9.53 Å². The minimum Gasteiger partial charge on any atom is -0.492 e. The highest BCUT2D eigenvalue weighted by atomic mass is 127. The standard InChI is InChI=1S/C19H25N5O2.HI/c1-15(25)24-17-7-5-8-18(14-17)26-13-12-23-19(20-2)22-11-9-16-6-3-4-10-21-16;/h3-8,10,14H,9,11-13H2,1-2H3,(H,24,25)(H2,20,22,23);1H. The van der Waals surface area contributed by atoms with Gasteiger partial charge in [0, 0.05) is 50.6 Å². The molecule has 1 heterocycles. The highest BCUT2D eigenvalue weighted by Crippen LogP contribution is 2.16. The van der Waals surface area contributed by atoms with Crippen LogP contribution in [0.15, 0.2) is 53.7 Å². The molecule has 0 unspecified atom stereocenters. The number of nitrogens with one attached hydrogen (secondary N) is 3. The molecule has 0 radical (unpaired) electrons. The zero-order valence-corrected chi connectivity index (χ0v) is 17.9. The Morgan fingerprint density at radius 2 is 1.96 bits per heavy atom. The first-order chi connectivity index (χ1) is 12.7. The summed E-state index contributed by atoms with van der Waals surface area (Å²) < 4.78 is 5.69. The van der Waals surface area contributed by atoms with Crippen molar-refractivity contribution >= 4 is 41.5 Å². The number of carbonyl (C=O) groups excluding carboxylic acids is 1. The van der Waals surface area contributed by atoms with E-state index in [1.807, 2.05) is 36.4 Å². The van der Waals surface area contributed by atoms with Gasteiger partial charge in [0.1, 0.15) is 12.4 Å². The Labute approximate surface area is 177 Å². The average Bonchev–Trinajstić information content (AvgIpc) is 2.64. The normalized spacial score (nSPS) is 10.5. The summed E-state index contributed by atoms with van der Waals surface area (Å²) in [4.78, 5) is 19.6. The Balaban J connectivity index is 0.00000364. The van der Waals surface area contributed by atoms with Gasteiger partial charge in [0.2, 0.25) is 5.91 Å². The van der Waals surface area contributed by atoms with Crippen LogP contribution in [-0.4, -0.2) is 43.6 Å². The average molecular weight is 483 g/mol. The molecular formula is C19H26IN5O2. The number of pyridine rings is 1. The van der Waals surface area contributed by atoms with Gasteiger partial charge in [-0.1, -0.05) is 12.1 Å². The molecule has 0 saturated carbocycles. The largest absolute Gasteiger partial charge is 0.492 e. The number of halogens is 1. The first-order valence-electron chi connectivity index (χ1n) is 8.52. The topological polar surface area (TPSA) is 87.6 Å². The summed E-state index contributed by atoms with van der Waals surface area (Å²) >= 11 is 0. The molecule has 1 amide bonds. The highest BCUT2D eigenvalue weighted by molar-refractivity contribution is 14.0. The SMILES string of the molecule is CN=C(NCCOc1cccc(NC(C)=O)c1)NCCc1ccccn1.I. The number of amides is 1. The predicted molar refractivity (Wildman–Crippen MR) is 119 cm³/mol. The van der Waals surface area contributed by atoms with Crippen molar-refractivity contribution in [3.05, 3.63) is 54.4 Å². The summed E-state index contributed by atoms with van der Waals surface area (Å²) in [6.07, 6.45) is 2.62. The maximum absolute atomic E-state index is 11.1. The van der Waals surface area contributed by atoms with Gasteiger partial charge in [-0.05, 0) is 24.3 Å². The van der Waals surface area contributed by atoms with Crippen molar-refractivity contribution in [2.45, 2.75) is 13.3 Å². The first-order valence-corrected chi connectivity index (χ1v) is 8.52. The molecule has 0 bridgehead atoms. The molecular weight excluding hydrogens is 457 g/mol. The number of aromatic nitrogens is 1. The van der Waals surface area contributed by atoms with E-state index in [2.05, 4.69) is 25.9 Å². The maximum atomic E-state index is 11.1. The molecule has 0 aliphatic rings. The van der Waals surface area contributed by atoms with Crippen LogP contribution in [0.4, 0.5) is 5.69 Å². The van der Waals surface area contributed by atoms with Crippen molar-refractivity contribution in [3.8, 4) is 5.75 Å². The van der Waals surface area contributed by atoms with Crippen LogP contribution in [0.5, 0.6) is 5.75 Å². The third-order valence-electron chi connectivity index (χ3n) is 3.44. The molecule has 0 saturated heterocycles. The summed E-state index contributed by atoms with van der Waals surface area (Å²) in [6.45, 7) is 3.30. The fraction of sp³-hybridized carbons (Fsp3) is 0.316. The third-order valence-corrected chi connectivity index (χ3v) is 3.44. The van der Waals surface area contributed by atoms with Gasteiger partial charge in [0.25, 0.3) is 0 Å². The van der Waals surface area contributed by atoms with E-state index in [4.69, 9.17) is 4.74 Å². The van der Waals surface area contributed by atoms with Crippen LogP contribution in [0, 0.1) is 0 Å². The summed E-state index contributed by atoms with van der Waals surface area (Å²) in [7, 11) is 1.73. The van der Waals surface area contributed by atoms with E-state index in [1.54, 1.807) is 19.3 Å². The minimum atomic E-state index is -0.107. The van der Waals surface area contributed by atoms with Gasteiger partial charge < -0.3 is 20.7 Å². The second-order valence-electron chi connectivity index (χ2n) is 5.55. The Hall–Kier alpha value is -2.36. The number of rotatable bonds is 8. The molecule has 8 heteroatoms. The van der Waals surface area contributed by atoms with E-state index in [9.17, 15) is 4.79 Å². The molecule has 0 spiro atoms. The van der Waals surface area contributed by atoms with E-state index >= 15 is 0 Å². The molecule has 0 fully saturated rings. The molecule has 2 rings (SSSR count). The van der Waals surface area contributed by atoms with Gasteiger partial charge in [0.05, 0.1) is 6.54 Å². The number of benzene rings is 1. The van der Waals surface area contributed by atoms with E-state index in [0.717, 1.165) is 30.3 Å². The van der Waals surface area contributed by atoms with Gasteiger partial charge in [-0.3, -0.25) is 14.8 Å². The van der Waals surface area contributed by atoms with Gasteiger partial charge in [0.15, 0.2) is 5.96 Å². The maximum Gasteiger partial charge on any atom is 0.221 e. The fourth-order valence-electron chi connectivity index (χ4n) is 2.28. The highest BCUT2D eigenvalue weighted by Gasteiger charge is 2.01. The smallest absolute Gasteiger partial charge is 0.221 e.